The van der Waals surface area contributed by atoms with Gasteiger partial charge in [0, 0.05) is 13.0 Å². The van der Waals surface area contributed by atoms with Crippen LogP contribution in [0.1, 0.15) is 52.9 Å². The molecule has 0 saturated carbocycles. The lowest BCUT2D eigenvalue weighted by atomic mass is 10.2. The van der Waals surface area contributed by atoms with Gasteiger partial charge in [-0.1, -0.05) is 26.7 Å². The smallest absolute Gasteiger partial charge is 0.306 e. The Morgan fingerprint density at radius 3 is 2.53 bits per heavy atom. The molecule has 0 spiro atoms. The second-order valence-corrected chi connectivity index (χ2v) is 3.96. The van der Waals surface area contributed by atoms with E-state index in [0.717, 1.165) is 25.9 Å². The summed E-state index contributed by atoms with van der Waals surface area (Å²) in [6, 6.07) is 0. The lowest BCUT2D eigenvalue weighted by Crippen LogP contribution is -2.29. The molecule has 90 valence electrons. The Morgan fingerprint density at radius 1 is 1.27 bits per heavy atom. The normalized spacial score (nSPS) is 12.5. The molecular weight excluding hydrogens is 190 g/mol. The summed E-state index contributed by atoms with van der Waals surface area (Å²) < 4.78 is 5.23. The second-order valence-electron chi connectivity index (χ2n) is 3.96. The number of carbonyl (C=O) groups is 1. The number of carbonyl (C=O) groups excluding carboxylic acids is 1. The first-order valence-corrected chi connectivity index (χ1v) is 6.10. The van der Waals surface area contributed by atoms with E-state index in [1.54, 1.807) is 0 Å². The molecule has 0 saturated heterocycles. The van der Waals surface area contributed by atoms with Gasteiger partial charge in [-0.3, -0.25) is 4.79 Å². The Morgan fingerprint density at radius 2 is 1.93 bits per heavy atom. The van der Waals surface area contributed by atoms with Crippen LogP contribution in [0.25, 0.3) is 0 Å². The molecule has 0 aromatic carbocycles. The van der Waals surface area contributed by atoms with Crippen LogP contribution in [0.2, 0.25) is 0 Å². The molecule has 0 bridgehead atoms. The van der Waals surface area contributed by atoms with E-state index in [2.05, 4.69) is 19.2 Å². The van der Waals surface area contributed by atoms with Crippen LogP contribution < -0.4 is 5.32 Å². The Balaban J connectivity index is 3.38. The number of rotatable bonds is 9. The van der Waals surface area contributed by atoms with Gasteiger partial charge in [-0.05, 0) is 26.3 Å². The van der Waals surface area contributed by atoms with Crippen molar-refractivity contribution in [1.29, 1.82) is 0 Å². The highest BCUT2D eigenvalue weighted by molar-refractivity contribution is 5.69. The number of hydrogen-bond donors (Lipinski definition) is 1. The molecule has 0 amide bonds. The maximum Gasteiger partial charge on any atom is 0.306 e. The summed E-state index contributed by atoms with van der Waals surface area (Å²) in [6.45, 7) is 7.94. The van der Waals surface area contributed by atoms with E-state index >= 15 is 0 Å². The van der Waals surface area contributed by atoms with Gasteiger partial charge in [0.25, 0.3) is 0 Å². The lowest BCUT2D eigenvalue weighted by molar-refractivity contribution is -0.148. The van der Waals surface area contributed by atoms with Gasteiger partial charge in [0.2, 0.25) is 0 Å². The number of unbranched alkanes of at least 4 members (excludes halogenated alkanes) is 2. The predicted octanol–water partition coefficient (Wildman–Crippen LogP) is 2.50. The molecule has 0 fully saturated rings. The van der Waals surface area contributed by atoms with Gasteiger partial charge >= 0.3 is 5.97 Å². The number of ether oxygens (including phenoxy) is 1. The van der Waals surface area contributed by atoms with E-state index in [-0.39, 0.29) is 12.1 Å². The fourth-order valence-electron chi connectivity index (χ4n) is 1.25. The van der Waals surface area contributed by atoms with Gasteiger partial charge < -0.3 is 10.1 Å². The van der Waals surface area contributed by atoms with Crippen molar-refractivity contribution in [2.45, 2.75) is 59.0 Å². The summed E-state index contributed by atoms with van der Waals surface area (Å²) in [7, 11) is 0. The largest absolute Gasteiger partial charge is 0.461 e. The van der Waals surface area contributed by atoms with E-state index in [9.17, 15) is 4.79 Å². The van der Waals surface area contributed by atoms with Crippen LogP contribution in [-0.2, 0) is 9.53 Å². The number of nitrogens with one attached hydrogen (secondary N) is 1. The third kappa shape index (κ3) is 9.73. The summed E-state index contributed by atoms with van der Waals surface area (Å²) in [6.07, 6.45) is 4.88. The van der Waals surface area contributed by atoms with Crippen molar-refractivity contribution in [3.63, 3.8) is 0 Å². The molecule has 3 heteroatoms. The minimum absolute atomic E-state index is 0.00814. The Bertz CT molecular complexity index is 160. The molecule has 0 aromatic rings. The number of esters is 1. The summed E-state index contributed by atoms with van der Waals surface area (Å²) >= 11 is 0. The molecule has 0 aromatic heterocycles. The van der Waals surface area contributed by atoms with Crippen LogP contribution in [0, 0.1) is 0 Å². The fourth-order valence-corrected chi connectivity index (χ4v) is 1.25. The van der Waals surface area contributed by atoms with Crippen molar-refractivity contribution in [3.05, 3.63) is 0 Å². The minimum atomic E-state index is -0.0679. The van der Waals surface area contributed by atoms with Crippen LogP contribution in [-0.4, -0.2) is 25.2 Å². The molecule has 1 unspecified atom stereocenters. The molecule has 3 nitrogen and oxygen atoms in total. The topological polar surface area (TPSA) is 38.3 Å². The Labute approximate surface area is 93.6 Å². The average Bonchev–Trinajstić information content (AvgIpc) is 2.21. The molecule has 0 aliphatic carbocycles. The van der Waals surface area contributed by atoms with Crippen LogP contribution >= 0.6 is 0 Å². The monoisotopic (exact) mass is 215 g/mol. The van der Waals surface area contributed by atoms with Crippen molar-refractivity contribution in [1.82, 2.24) is 5.32 Å². The number of hydrogen-bond acceptors (Lipinski definition) is 3. The summed E-state index contributed by atoms with van der Waals surface area (Å²) in [4.78, 5) is 11.3. The van der Waals surface area contributed by atoms with E-state index < -0.39 is 0 Å². The highest BCUT2D eigenvalue weighted by Gasteiger charge is 2.07. The van der Waals surface area contributed by atoms with Crippen LogP contribution in [0.5, 0.6) is 0 Å². The predicted molar refractivity (Wildman–Crippen MR) is 62.9 cm³/mol. The zero-order valence-electron chi connectivity index (χ0n) is 10.3. The van der Waals surface area contributed by atoms with Crippen molar-refractivity contribution < 1.29 is 9.53 Å². The van der Waals surface area contributed by atoms with Crippen molar-refractivity contribution in [2.24, 2.45) is 0 Å². The second kappa shape index (κ2) is 9.97. The van der Waals surface area contributed by atoms with Crippen molar-refractivity contribution in [2.75, 3.05) is 13.1 Å². The average molecular weight is 215 g/mol. The van der Waals surface area contributed by atoms with E-state index in [1.165, 1.54) is 12.8 Å². The standard InChI is InChI=1S/C12H25NO2/c1-4-6-8-12(14)15-11(3)10-13-9-7-5-2/h11,13H,4-10H2,1-3H3. The first-order chi connectivity index (χ1) is 7.20. The summed E-state index contributed by atoms with van der Waals surface area (Å²) in [5.41, 5.74) is 0. The first-order valence-electron chi connectivity index (χ1n) is 6.10. The van der Waals surface area contributed by atoms with Gasteiger partial charge in [-0.2, -0.15) is 0 Å². The SMILES string of the molecule is CCCCNCC(C)OC(=O)CCCC. The molecular formula is C12H25NO2. The fraction of sp³-hybridized carbons (Fsp3) is 0.917. The molecule has 0 radical (unpaired) electrons. The molecule has 0 heterocycles. The maximum absolute atomic E-state index is 11.3. The molecule has 0 rings (SSSR count). The Hall–Kier alpha value is -0.570. The van der Waals surface area contributed by atoms with Crippen molar-refractivity contribution >= 4 is 5.97 Å². The molecule has 15 heavy (non-hydrogen) atoms. The molecule has 1 N–H and O–H groups in total. The maximum atomic E-state index is 11.3. The third-order valence-corrected chi connectivity index (χ3v) is 2.21. The Kier molecular flexibility index (Phi) is 9.59. The van der Waals surface area contributed by atoms with Crippen molar-refractivity contribution in [3.8, 4) is 0 Å². The highest BCUT2D eigenvalue weighted by Crippen LogP contribution is 1.99. The van der Waals surface area contributed by atoms with Gasteiger partial charge in [-0.15, -0.1) is 0 Å². The van der Waals surface area contributed by atoms with E-state index in [0.29, 0.717) is 6.42 Å². The highest BCUT2D eigenvalue weighted by atomic mass is 16.5. The quantitative estimate of drug-likeness (QED) is 0.474. The van der Waals surface area contributed by atoms with Gasteiger partial charge in [-0.25, -0.2) is 0 Å². The van der Waals surface area contributed by atoms with Crippen LogP contribution in [0.3, 0.4) is 0 Å². The zero-order valence-corrected chi connectivity index (χ0v) is 10.3. The summed E-state index contributed by atoms with van der Waals surface area (Å²) in [5, 5.41) is 3.27. The van der Waals surface area contributed by atoms with Crippen LogP contribution in [0.4, 0.5) is 0 Å². The third-order valence-electron chi connectivity index (χ3n) is 2.21. The molecule has 1 atom stereocenters. The molecule has 0 aliphatic rings. The van der Waals surface area contributed by atoms with Gasteiger partial charge in [0.15, 0.2) is 0 Å². The lowest BCUT2D eigenvalue weighted by Gasteiger charge is -2.13. The van der Waals surface area contributed by atoms with E-state index in [1.807, 2.05) is 6.92 Å². The van der Waals surface area contributed by atoms with E-state index in [4.69, 9.17) is 4.74 Å². The van der Waals surface area contributed by atoms with Gasteiger partial charge in [0.05, 0.1) is 0 Å². The van der Waals surface area contributed by atoms with Crippen LogP contribution in [0.15, 0.2) is 0 Å². The minimum Gasteiger partial charge on any atom is -0.461 e. The zero-order chi connectivity index (χ0) is 11.5. The van der Waals surface area contributed by atoms with Gasteiger partial charge in [0.1, 0.15) is 6.10 Å². The molecule has 0 aliphatic heterocycles. The summed E-state index contributed by atoms with van der Waals surface area (Å²) in [5.74, 6) is -0.0679. The first kappa shape index (κ1) is 14.4.